The normalized spacial score (nSPS) is 10.9. The van der Waals surface area contributed by atoms with Crippen molar-refractivity contribution in [2.45, 2.75) is 13.8 Å². The fraction of sp³-hybridized carbons (Fsp3) is 0.300. The van der Waals surface area contributed by atoms with Crippen molar-refractivity contribution in [2.24, 2.45) is 0 Å². The molecule has 0 heterocycles. The van der Waals surface area contributed by atoms with Crippen LogP contribution in [-0.4, -0.2) is 26.2 Å². The van der Waals surface area contributed by atoms with Crippen LogP contribution in [0.25, 0.3) is 0 Å². The lowest BCUT2D eigenvalue weighted by Gasteiger charge is -2.12. The Morgan fingerprint density at radius 3 is 2.68 bits per heavy atom. The molecule has 1 aromatic rings. The molecule has 1 rings (SSSR count). The van der Waals surface area contributed by atoms with Crippen LogP contribution in [0.2, 0.25) is 5.02 Å². The Bertz CT molecular complexity index is 588. The van der Waals surface area contributed by atoms with Gasteiger partial charge in [0.05, 0.1) is 12.3 Å². The summed E-state index contributed by atoms with van der Waals surface area (Å²) in [7, 11) is -4.21. The van der Waals surface area contributed by atoms with Gasteiger partial charge in [-0.05, 0) is 31.5 Å². The fourth-order valence-electron chi connectivity index (χ4n) is 1.25. The van der Waals surface area contributed by atoms with Gasteiger partial charge < -0.3 is 9.84 Å². The molecular weight excluding hydrogens is 296 g/mol. The number of benzene rings is 1. The predicted octanol–water partition coefficient (Wildman–Crippen LogP) is 1.76. The SMILES string of the molecule is CCOC(=O)NS(=O)(=O)Nc1cc(Cl)cc(C)c1O. The van der Waals surface area contributed by atoms with Crippen LogP contribution in [0, 0.1) is 6.92 Å². The van der Waals surface area contributed by atoms with Crippen LogP contribution in [0.4, 0.5) is 10.5 Å². The Kier molecular flexibility index (Phi) is 4.84. The number of hydrogen-bond donors (Lipinski definition) is 3. The molecule has 1 amide bonds. The number of aryl methyl sites for hydroxylation is 1. The molecule has 0 aliphatic rings. The van der Waals surface area contributed by atoms with Crippen molar-refractivity contribution in [3.8, 4) is 5.75 Å². The topological polar surface area (TPSA) is 105 Å². The quantitative estimate of drug-likeness (QED) is 0.735. The first-order valence-corrected chi connectivity index (χ1v) is 7.07. The Morgan fingerprint density at radius 1 is 1.47 bits per heavy atom. The van der Waals surface area contributed by atoms with E-state index in [4.69, 9.17) is 11.6 Å². The van der Waals surface area contributed by atoms with E-state index in [1.165, 1.54) is 19.1 Å². The van der Waals surface area contributed by atoms with Gasteiger partial charge in [-0.25, -0.2) is 9.52 Å². The maximum absolute atomic E-state index is 11.6. The number of halogens is 1. The highest BCUT2D eigenvalue weighted by atomic mass is 35.5. The van der Waals surface area contributed by atoms with E-state index in [2.05, 4.69) is 4.74 Å². The van der Waals surface area contributed by atoms with E-state index in [0.717, 1.165) is 0 Å². The molecule has 3 N–H and O–H groups in total. The number of hydrogen-bond acceptors (Lipinski definition) is 5. The van der Waals surface area contributed by atoms with Crippen LogP contribution in [-0.2, 0) is 14.9 Å². The molecule has 0 aliphatic carbocycles. The van der Waals surface area contributed by atoms with Crippen LogP contribution < -0.4 is 9.44 Å². The lowest BCUT2D eigenvalue weighted by molar-refractivity contribution is 0.159. The fourth-order valence-corrected chi connectivity index (χ4v) is 2.30. The minimum atomic E-state index is -4.21. The minimum Gasteiger partial charge on any atom is -0.505 e. The largest absolute Gasteiger partial charge is 0.505 e. The first-order chi connectivity index (χ1) is 8.75. The molecule has 0 atom stereocenters. The van der Waals surface area contributed by atoms with E-state index < -0.39 is 16.3 Å². The summed E-state index contributed by atoms with van der Waals surface area (Å²) in [4.78, 5) is 11.0. The number of carbonyl (C=O) groups is 1. The third-order valence-corrected chi connectivity index (χ3v) is 3.14. The molecule has 0 spiro atoms. The molecule has 0 unspecified atom stereocenters. The number of phenolic OH excluding ortho intramolecular Hbond substituents is 1. The number of anilines is 1. The van der Waals surface area contributed by atoms with Gasteiger partial charge in [0.1, 0.15) is 5.75 Å². The van der Waals surface area contributed by atoms with Gasteiger partial charge in [0, 0.05) is 5.02 Å². The summed E-state index contributed by atoms with van der Waals surface area (Å²) in [6, 6.07) is 2.68. The van der Waals surface area contributed by atoms with Crippen molar-refractivity contribution in [2.75, 3.05) is 11.3 Å². The smallest absolute Gasteiger partial charge is 0.422 e. The molecule has 19 heavy (non-hydrogen) atoms. The molecule has 106 valence electrons. The zero-order valence-electron chi connectivity index (χ0n) is 10.2. The zero-order chi connectivity index (χ0) is 14.6. The number of rotatable bonds is 4. The number of ether oxygens (including phenoxy) is 1. The van der Waals surface area contributed by atoms with E-state index in [9.17, 15) is 18.3 Å². The molecule has 7 nitrogen and oxygen atoms in total. The second-order valence-electron chi connectivity index (χ2n) is 3.55. The van der Waals surface area contributed by atoms with Gasteiger partial charge in [0.15, 0.2) is 0 Å². The summed E-state index contributed by atoms with van der Waals surface area (Å²) in [5, 5.41) is 9.93. The van der Waals surface area contributed by atoms with Crippen molar-refractivity contribution >= 4 is 33.6 Å². The van der Waals surface area contributed by atoms with Gasteiger partial charge in [-0.1, -0.05) is 11.6 Å². The molecule has 1 aromatic carbocycles. The molecule has 0 aromatic heterocycles. The predicted molar refractivity (Wildman–Crippen MR) is 70.6 cm³/mol. The van der Waals surface area contributed by atoms with Crippen LogP contribution in [0.15, 0.2) is 12.1 Å². The van der Waals surface area contributed by atoms with Crippen LogP contribution in [0.5, 0.6) is 5.75 Å². The molecular formula is C10H13ClN2O5S. The number of nitrogens with one attached hydrogen (secondary N) is 2. The molecule has 0 fully saturated rings. The second kappa shape index (κ2) is 5.98. The Morgan fingerprint density at radius 2 is 2.11 bits per heavy atom. The van der Waals surface area contributed by atoms with Gasteiger partial charge in [0.25, 0.3) is 0 Å². The lowest BCUT2D eigenvalue weighted by atomic mass is 10.2. The van der Waals surface area contributed by atoms with Crippen molar-refractivity contribution in [3.05, 3.63) is 22.7 Å². The highest BCUT2D eigenvalue weighted by Gasteiger charge is 2.17. The van der Waals surface area contributed by atoms with E-state index in [1.807, 2.05) is 4.72 Å². The standard InChI is InChI=1S/C10H13ClN2O5S/c1-3-18-10(15)13-19(16,17)12-8-5-7(11)4-6(2)9(8)14/h4-5,12,14H,3H2,1-2H3,(H,13,15). The van der Waals surface area contributed by atoms with Gasteiger partial charge in [0.2, 0.25) is 0 Å². The molecule has 9 heteroatoms. The molecule has 0 bridgehead atoms. The van der Waals surface area contributed by atoms with Crippen molar-refractivity contribution in [1.82, 2.24) is 4.72 Å². The van der Waals surface area contributed by atoms with Crippen LogP contribution in [0.1, 0.15) is 12.5 Å². The molecule has 0 saturated carbocycles. The summed E-state index contributed by atoms with van der Waals surface area (Å²) >= 11 is 5.75. The minimum absolute atomic E-state index is 0.0306. The van der Waals surface area contributed by atoms with Crippen molar-refractivity contribution < 1.29 is 23.1 Å². The van der Waals surface area contributed by atoms with Crippen LogP contribution in [0.3, 0.4) is 0 Å². The highest BCUT2D eigenvalue weighted by Crippen LogP contribution is 2.31. The van der Waals surface area contributed by atoms with Crippen molar-refractivity contribution in [3.63, 3.8) is 0 Å². The summed E-state index contributed by atoms with van der Waals surface area (Å²) in [6.45, 7) is 3.12. The van der Waals surface area contributed by atoms with Crippen molar-refractivity contribution in [1.29, 1.82) is 0 Å². The van der Waals surface area contributed by atoms with E-state index in [0.29, 0.717) is 5.56 Å². The summed E-state index contributed by atoms with van der Waals surface area (Å²) in [6.07, 6.45) is -1.12. The van der Waals surface area contributed by atoms with Gasteiger partial charge in [-0.15, -0.1) is 0 Å². The maximum Gasteiger partial charge on any atom is 0.422 e. The zero-order valence-corrected chi connectivity index (χ0v) is 11.8. The Hall–Kier alpha value is -1.67. The van der Waals surface area contributed by atoms with E-state index in [1.54, 1.807) is 11.6 Å². The first-order valence-electron chi connectivity index (χ1n) is 5.21. The third-order valence-electron chi connectivity index (χ3n) is 2.00. The first kappa shape index (κ1) is 15.4. The van der Waals surface area contributed by atoms with E-state index >= 15 is 0 Å². The maximum atomic E-state index is 11.6. The van der Waals surface area contributed by atoms with Gasteiger partial charge >= 0.3 is 16.3 Å². The highest BCUT2D eigenvalue weighted by molar-refractivity contribution is 7.91. The third kappa shape index (κ3) is 4.49. The number of aromatic hydroxyl groups is 1. The number of carbonyl (C=O) groups excluding carboxylic acids is 1. The molecule has 0 saturated heterocycles. The summed E-state index contributed by atoms with van der Waals surface area (Å²) in [5.41, 5.74) is 0.253. The number of phenols is 1. The summed E-state index contributed by atoms with van der Waals surface area (Å²) < 4.78 is 31.2. The molecule has 0 aliphatic heterocycles. The molecule has 0 radical (unpaired) electrons. The lowest BCUT2D eigenvalue weighted by Crippen LogP contribution is -2.35. The average molecular weight is 309 g/mol. The second-order valence-corrected chi connectivity index (χ2v) is 5.40. The Labute approximate surface area is 115 Å². The van der Waals surface area contributed by atoms with Gasteiger partial charge in [-0.3, -0.25) is 4.72 Å². The van der Waals surface area contributed by atoms with E-state index in [-0.39, 0.29) is 23.1 Å². The number of amides is 1. The monoisotopic (exact) mass is 308 g/mol. The Balaban J connectivity index is 2.93. The van der Waals surface area contributed by atoms with Gasteiger partial charge in [-0.2, -0.15) is 8.42 Å². The van der Waals surface area contributed by atoms with Crippen LogP contribution >= 0.6 is 11.6 Å². The summed E-state index contributed by atoms with van der Waals surface area (Å²) in [5.74, 6) is -0.279. The average Bonchev–Trinajstić information content (AvgIpc) is 2.24.